The normalized spacial score (nSPS) is 17.8. The molecule has 1 aliphatic heterocycles. The van der Waals surface area contributed by atoms with E-state index in [0.29, 0.717) is 11.9 Å². The zero-order valence-electron chi connectivity index (χ0n) is 12.9. The number of rotatable bonds is 6. The molecule has 2 N–H and O–H groups in total. The maximum Gasteiger partial charge on any atom is 0.222 e. The predicted molar refractivity (Wildman–Crippen MR) is 84.7 cm³/mol. The Kier molecular flexibility index (Phi) is 4.53. The van der Waals surface area contributed by atoms with E-state index in [9.17, 15) is 0 Å². The first-order chi connectivity index (χ1) is 10.7. The van der Waals surface area contributed by atoms with Crippen molar-refractivity contribution in [2.75, 3.05) is 37.4 Å². The summed E-state index contributed by atoms with van der Waals surface area (Å²) < 4.78 is 7.37. The van der Waals surface area contributed by atoms with Gasteiger partial charge in [0, 0.05) is 51.1 Å². The molecular formula is C15H22N6O. The smallest absolute Gasteiger partial charge is 0.222 e. The second-order valence-electron chi connectivity index (χ2n) is 5.61. The zero-order valence-corrected chi connectivity index (χ0v) is 12.9. The fourth-order valence-electron chi connectivity index (χ4n) is 2.66. The van der Waals surface area contributed by atoms with Gasteiger partial charge in [-0.3, -0.25) is 4.68 Å². The number of aryl methyl sites for hydroxylation is 1. The van der Waals surface area contributed by atoms with Crippen LogP contribution in [0.3, 0.4) is 0 Å². The third-order valence-electron chi connectivity index (χ3n) is 3.93. The van der Waals surface area contributed by atoms with Gasteiger partial charge in [0.15, 0.2) is 0 Å². The third kappa shape index (κ3) is 3.54. The van der Waals surface area contributed by atoms with E-state index in [2.05, 4.69) is 20.0 Å². The molecule has 0 saturated carbocycles. The van der Waals surface area contributed by atoms with Crippen LogP contribution in [0.2, 0.25) is 0 Å². The van der Waals surface area contributed by atoms with Gasteiger partial charge in [0.25, 0.3) is 0 Å². The van der Waals surface area contributed by atoms with E-state index in [1.165, 1.54) is 0 Å². The average Bonchev–Trinajstić information content (AvgIpc) is 3.20. The maximum absolute atomic E-state index is 5.87. The van der Waals surface area contributed by atoms with Crippen LogP contribution in [0.15, 0.2) is 24.5 Å². The Labute approximate surface area is 130 Å². The highest BCUT2D eigenvalue weighted by molar-refractivity contribution is 5.43. The first-order valence-corrected chi connectivity index (χ1v) is 7.63. The number of anilines is 2. The number of hydrogen-bond acceptors (Lipinski definition) is 6. The number of nitrogens with two attached hydrogens (primary N) is 1. The van der Waals surface area contributed by atoms with Gasteiger partial charge in [-0.2, -0.15) is 10.1 Å². The minimum absolute atomic E-state index is 0.332. The quantitative estimate of drug-likeness (QED) is 0.865. The molecule has 3 heterocycles. The zero-order chi connectivity index (χ0) is 15.4. The Morgan fingerprint density at radius 1 is 1.45 bits per heavy atom. The van der Waals surface area contributed by atoms with Gasteiger partial charge in [0.05, 0.1) is 12.3 Å². The van der Waals surface area contributed by atoms with Gasteiger partial charge in [-0.1, -0.05) is 0 Å². The van der Waals surface area contributed by atoms with Crippen molar-refractivity contribution in [3.05, 3.63) is 30.2 Å². The molecule has 0 bridgehead atoms. The summed E-state index contributed by atoms with van der Waals surface area (Å²) in [6.07, 6.45) is 5.76. The highest BCUT2D eigenvalue weighted by atomic mass is 16.5. The van der Waals surface area contributed by atoms with Crippen LogP contribution in [-0.4, -0.2) is 46.6 Å². The summed E-state index contributed by atoms with van der Waals surface area (Å²) in [5.41, 5.74) is 6.85. The summed E-state index contributed by atoms with van der Waals surface area (Å²) in [6.45, 7) is 3.29. The first-order valence-electron chi connectivity index (χ1n) is 7.63. The van der Waals surface area contributed by atoms with Crippen molar-refractivity contribution in [2.45, 2.75) is 25.3 Å². The highest BCUT2D eigenvalue weighted by Gasteiger charge is 2.21. The molecule has 0 aliphatic carbocycles. The fourth-order valence-corrected chi connectivity index (χ4v) is 2.66. The first kappa shape index (κ1) is 14.8. The van der Waals surface area contributed by atoms with E-state index < -0.39 is 0 Å². The second-order valence-corrected chi connectivity index (χ2v) is 5.61. The van der Waals surface area contributed by atoms with Crippen LogP contribution in [-0.2, 0) is 11.3 Å². The van der Waals surface area contributed by atoms with E-state index in [-0.39, 0.29) is 0 Å². The van der Waals surface area contributed by atoms with Gasteiger partial charge >= 0.3 is 0 Å². The van der Waals surface area contributed by atoms with Crippen LogP contribution < -0.4 is 10.6 Å². The van der Waals surface area contributed by atoms with Crippen molar-refractivity contribution < 1.29 is 4.74 Å². The fraction of sp³-hybridized carbons (Fsp3) is 0.533. The third-order valence-corrected chi connectivity index (χ3v) is 3.93. The van der Waals surface area contributed by atoms with Gasteiger partial charge in [-0.05, 0) is 18.9 Å². The molecule has 7 nitrogen and oxygen atoms in total. The number of aromatic nitrogens is 4. The number of nitrogen functional groups attached to an aromatic ring is 1. The lowest BCUT2D eigenvalue weighted by molar-refractivity contribution is 0.193. The Bertz CT molecular complexity index is 594. The van der Waals surface area contributed by atoms with Crippen molar-refractivity contribution >= 4 is 11.8 Å². The molecule has 1 atom stereocenters. The van der Waals surface area contributed by atoms with Crippen LogP contribution in [0, 0.1) is 0 Å². The Hall–Kier alpha value is -2.15. The molecule has 118 valence electrons. The van der Waals surface area contributed by atoms with Crippen LogP contribution in [0.1, 0.15) is 24.5 Å². The summed E-state index contributed by atoms with van der Waals surface area (Å²) in [4.78, 5) is 10.8. The minimum Gasteiger partial charge on any atom is -0.381 e. The summed E-state index contributed by atoms with van der Waals surface area (Å²) in [5.74, 6) is 1.54. The van der Waals surface area contributed by atoms with E-state index >= 15 is 0 Å². The van der Waals surface area contributed by atoms with Crippen LogP contribution in [0.25, 0.3) is 0 Å². The Morgan fingerprint density at radius 2 is 2.36 bits per heavy atom. The predicted octanol–water partition coefficient (Wildman–Crippen LogP) is 1.29. The number of ether oxygens (including phenoxy) is 1. The highest BCUT2D eigenvalue weighted by Crippen LogP contribution is 2.26. The van der Waals surface area contributed by atoms with Crippen LogP contribution >= 0.6 is 0 Å². The molecule has 22 heavy (non-hydrogen) atoms. The molecule has 0 spiro atoms. The standard InChI is InChI=1S/C15H22N6O/c1-20(6-3-8-21-7-2-5-17-21)14-10-13(18-15(16)19-14)12-4-9-22-11-12/h2,5,7,10,12H,3-4,6,8-9,11H2,1H3,(H2,16,18,19). The molecule has 1 fully saturated rings. The molecule has 0 radical (unpaired) electrons. The lowest BCUT2D eigenvalue weighted by Crippen LogP contribution is -2.22. The monoisotopic (exact) mass is 302 g/mol. The molecule has 1 aliphatic rings. The molecule has 0 aromatic carbocycles. The Balaban J connectivity index is 1.62. The van der Waals surface area contributed by atoms with Crippen LogP contribution in [0.4, 0.5) is 11.8 Å². The maximum atomic E-state index is 5.87. The largest absolute Gasteiger partial charge is 0.381 e. The topological polar surface area (TPSA) is 82.1 Å². The number of nitrogens with zero attached hydrogens (tertiary/aromatic N) is 5. The Morgan fingerprint density at radius 3 is 3.09 bits per heavy atom. The van der Waals surface area contributed by atoms with Crippen molar-refractivity contribution in [1.82, 2.24) is 19.7 Å². The molecule has 7 heteroatoms. The summed E-state index contributed by atoms with van der Waals surface area (Å²) in [7, 11) is 2.03. The SMILES string of the molecule is CN(CCCn1cccn1)c1cc(C2CCOC2)nc(N)n1. The van der Waals surface area contributed by atoms with E-state index in [1.54, 1.807) is 6.20 Å². The van der Waals surface area contributed by atoms with Gasteiger partial charge in [0.2, 0.25) is 5.95 Å². The van der Waals surface area contributed by atoms with Crippen molar-refractivity contribution in [1.29, 1.82) is 0 Å². The average molecular weight is 302 g/mol. The minimum atomic E-state index is 0.332. The van der Waals surface area contributed by atoms with Crippen LogP contribution in [0.5, 0.6) is 0 Å². The van der Waals surface area contributed by atoms with Gasteiger partial charge in [0.1, 0.15) is 5.82 Å². The molecule has 2 aromatic heterocycles. The second kappa shape index (κ2) is 6.74. The molecule has 3 rings (SSSR count). The van der Waals surface area contributed by atoms with E-state index in [0.717, 1.165) is 50.7 Å². The molecular weight excluding hydrogens is 280 g/mol. The van der Waals surface area contributed by atoms with Crippen molar-refractivity contribution in [3.63, 3.8) is 0 Å². The van der Waals surface area contributed by atoms with E-state index in [1.807, 2.05) is 30.1 Å². The summed E-state index contributed by atoms with van der Waals surface area (Å²) >= 11 is 0. The molecule has 0 amide bonds. The van der Waals surface area contributed by atoms with Gasteiger partial charge in [-0.15, -0.1) is 0 Å². The van der Waals surface area contributed by atoms with Gasteiger partial charge in [-0.25, -0.2) is 4.98 Å². The lowest BCUT2D eigenvalue weighted by atomic mass is 10.0. The summed E-state index contributed by atoms with van der Waals surface area (Å²) in [5, 5.41) is 4.20. The van der Waals surface area contributed by atoms with Gasteiger partial charge < -0.3 is 15.4 Å². The van der Waals surface area contributed by atoms with Crippen molar-refractivity contribution in [2.24, 2.45) is 0 Å². The van der Waals surface area contributed by atoms with E-state index in [4.69, 9.17) is 10.5 Å². The summed E-state index contributed by atoms with van der Waals surface area (Å²) in [6, 6.07) is 3.97. The molecule has 2 aromatic rings. The van der Waals surface area contributed by atoms with Crippen molar-refractivity contribution in [3.8, 4) is 0 Å². The molecule has 1 unspecified atom stereocenters. The molecule has 1 saturated heterocycles. The lowest BCUT2D eigenvalue weighted by Gasteiger charge is -2.20. The number of hydrogen-bond donors (Lipinski definition) is 1.